The Morgan fingerprint density at radius 3 is 2.62 bits per heavy atom. The molecule has 0 heterocycles. The summed E-state index contributed by atoms with van der Waals surface area (Å²) >= 11 is 0. The van der Waals surface area contributed by atoms with Crippen molar-refractivity contribution in [2.24, 2.45) is 0 Å². The first kappa shape index (κ1) is 18.1. The number of methoxy groups -OCH3 is 1. The SMILES string of the molecule is CCN(CCC(NC)c1ccc(C)c(F)c1)C(C)COC. The van der Waals surface area contributed by atoms with Crippen molar-refractivity contribution < 1.29 is 9.13 Å². The molecule has 0 aliphatic rings. The van der Waals surface area contributed by atoms with E-state index in [4.69, 9.17) is 4.74 Å². The number of ether oxygens (including phenoxy) is 1. The lowest BCUT2D eigenvalue weighted by molar-refractivity contribution is 0.0998. The molecule has 0 aromatic heterocycles. The van der Waals surface area contributed by atoms with Crippen LogP contribution in [0.25, 0.3) is 0 Å². The zero-order chi connectivity index (χ0) is 15.8. The standard InChI is InChI=1S/C17H29FN2O/c1-6-20(14(3)12-21-5)10-9-17(19-4)15-8-7-13(2)16(18)11-15/h7-8,11,14,17,19H,6,9-10,12H2,1-5H3. The molecule has 4 heteroatoms. The molecule has 1 N–H and O–H groups in total. The zero-order valence-electron chi connectivity index (χ0n) is 13.9. The van der Waals surface area contributed by atoms with E-state index in [0.29, 0.717) is 11.6 Å². The summed E-state index contributed by atoms with van der Waals surface area (Å²) in [4.78, 5) is 2.39. The first-order valence-electron chi connectivity index (χ1n) is 7.69. The number of rotatable bonds is 9. The van der Waals surface area contributed by atoms with Crippen molar-refractivity contribution in [2.75, 3.05) is 33.9 Å². The van der Waals surface area contributed by atoms with E-state index in [1.165, 1.54) is 0 Å². The van der Waals surface area contributed by atoms with E-state index >= 15 is 0 Å². The van der Waals surface area contributed by atoms with Crippen LogP contribution in [0, 0.1) is 12.7 Å². The molecule has 0 aliphatic heterocycles. The first-order chi connectivity index (χ1) is 10.0. The Balaban J connectivity index is 2.66. The summed E-state index contributed by atoms with van der Waals surface area (Å²) < 4.78 is 18.9. The van der Waals surface area contributed by atoms with Crippen LogP contribution in [0.1, 0.15) is 37.4 Å². The molecular weight excluding hydrogens is 267 g/mol. The molecule has 2 unspecified atom stereocenters. The molecule has 1 rings (SSSR count). The number of likely N-dealkylation sites (N-methyl/N-ethyl adjacent to an activating group) is 1. The zero-order valence-corrected chi connectivity index (χ0v) is 13.9. The predicted octanol–water partition coefficient (Wildman–Crippen LogP) is 3.14. The average Bonchev–Trinajstić information content (AvgIpc) is 2.47. The molecule has 0 amide bonds. The van der Waals surface area contributed by atoms with E-state index in [1.54, 1.807) is 20.1 Å². The summed E-state index contributed by atoms with van der Waals surface area (Å²) in [6, 6.07) is 6.07. The van der Waals surface area contributed by atoms with E-state index in [2.05, 4.69) is 24.1 Å². The van der Waals surface area contributed by atoms with Gasteiger partial charge in [-0.1, -0.05) is 19.1 Å². The van der Waals surface area contributed by atoms with Crippen LogP contribution in [-0.4, -0.2) is 44.8 Å². The van der Waals surface area contributed by atoms with Crippen LogP contribution >= 0.6 is 0 Å². The van der Waals surface area contributed by atoms with E-state index < -0.39 is 0 Å². The van der Waals surface area contributed by atoms with Gasteiger partial charge in [0.2, 0.25) is 0 Å². The van der Waals surface area contributed by atoms with E-state index in [0.717, 1.165) is 31.7 Å². The normalized spacial score (nSPS) is 14.4. The number of benzene rings is 1. The molecule has 3 nitrogen and oxygen atoms in total. The molecule has 0 aliphatic carbocycles. The second-order valence-corrected chi connectivity index (χ2v) is 5.57. The van der Waals surface area contributed by atoms with Crippen molar-refractivity contribution in [1.82, 2.24) is 10.2 Å². The minimum atomic E-state index is -0.132. The fourth-order valence-corrected chi connectivity index (χ4v) is 2.64. The van der Waals surface area contributed by atoms with Crippen LogP contribution in [0.5, 0.6) is 0 Å². The Morgan fingerprint density at radius 1 is 1.38 bits per heavy atom. The van der Waals surface area contributed by atoms with Gasteiger partial charge in [-0.05, 0) is 51.1 Å². The fraction of sp³-hybridized carbons (Fsp3) is 0.647. The number of hydrogen-bond donors (Lipinski definition) is 1. The van der Waals surface area contributed by atoms with Crippen molar-refractivity contribution in [1.29, 1.82) is 0 Å². The number of hydrogen-bond acceptors (Lipinski definition) is 3. The van der Waals surface area contributed by atoms with Crippen LogP contribution in [-0.2, 0) is 4.74 Å². The molecule has 0 saturated carbocycles. The van der Waals surface area contributed by atoms with Crippen LogP contribution in [0.3, 0.4) is 0 Å². The molecule has 1 aromatic carbocycles. The van der Waals surface area contributed by atoms with Crippen molar-refractivity contribution in [3.63, 3.8) is 0 Å². The monoisotopic (exact) mass is 296 g/mol. The predicted molar refractivity (Wildman–Crippen MR) is 86.1 cm³/mol. The Hall–Kier alpha value is -0.970. The van der Waals surface area contributed by atoms with Gasteiger partial charge in [0, 0.05) is 25.7 Å². The van der Waals surface area contributed by atoms with Crippen molar-refractivity contribution in [3.8, 4) is 0 Å². The lowest BCUT2D eigenvalue weighted by Gasteiger charge is -2.29. The van der Waals surface area contributed by atoms with Gasteiger partial charge >= 0.3 is 0 Å². The largest absolute Gasteiger partial charge is 0.383 e. The maximum absolute atomic E-state index is 13.7. The summed E-state index contributed by atoms with van der Waals surface area (Å²) in [6.45, 7) is 8.81. The van der Waals surface area contributed by atoms with Gasteiger partial charge in [0.05, 0.1) is 6.61 Å². The maximum Gasteiger partial charge on any atom is 0.126 e. The third-order valence-electron chi connectivity index (χ3n) is 4.09. The highest BCUT2D eigenvalue weighted by Crippen LogP contribution is 2.20. The molecule has 21 heavy (non-hydrogen) atoms. The minimum absolute atomic E-state index is 0.132. The van der Waals surface area contributed by atoms with Crippen LogP contribution in [0.4, 0.5) is 4.39 Å². The smallest absolute Gasteiger partial charge is 0.126 e. The number of halogens is 1. The van der Waals surface area contributed by atoms with Crippen molar-refractivity contribution in [3.05, 3.63) is 35.1 Å². The third-order valence-corrected chi connectivity index (χ3v) is 4.09. The summed E-state index contributed by atoms with van der Waals surface area (Å²) in [7, 11) is 3.66. The Kier molecular flexibility index (Phi) is 7.86. The summed E-state index contributed by atoms with van der Waals surface area (Å²) in [6.07, 6.45) is 0.945. The van der Waals surface area contributed by atoms with Gasteiger partial charge in [-0.15, -0.1) is 0 Å². The molecule has 2 atom stereocenters. The molecule has 0 bridgehead atoms. The molecule has 1 aromatic rings. The molecule has 0 fully saturated rings. The van der Waals surface area contributed by atoms with Crippen LogP contribution in [0.15, 0.2) is 18.2 Å². The van der Waals surface area contributed by atoms with Crippen LogP contribution < -0.4 is 5.32 Å². The van der Waals surface area contributed by atoms with Gasteiger partial charge in [-0.2, -0.15) is 0 Å². The van der Waals surface area contributed by atoms with Gasteiger partial charge in [-0.3, -0.25) is 4.90 Å². The van der Waals surface area contributed by atoms with E-state index in [9.17, 15) is 4.39 Å². The summed E-state index contributed by atoms with van der Waals surface area (Å²) in [5.41, 5.74) is 1.70. The van der Waals surface area contributed by atoms with Crippen molar-refractivity contribution >= 4 is 0 Å². The average molecular weight is 296 g/mol. The Bertz CT molecular complexity index is 425. The first-order valence-corrected chi connectivity index (χ1v) is 7.69. The molecule has 120 valence electrons. The molecule has 0 saturated heterocycles. The lowest BCUT2D eigenvalue weighted by atomic mass is 10.0. The fourth-order valence-electron chi connectivity index (χ4n) is 2.64. The van der Waals surface area contributed by atoms with Crippen molar-refractivity contribution in [2.45, 2.75) is 39.3 Å². The van der Waals surface area contributed by atoms with E-state index in [1.807, 2.05) is 19.2 Å². The number of nitrogens with one attached hydrogen (secondary N) is 1. The quantitative estimate of drug-likeness (QED) is 0.757. The highest BCUT2D eigenvalue weighted by Gasteiger charge is 2.16. The summed E-state index contributed by atoms with van der Waals surface area (Å²) in [5.74, 6) is -0.132. The topological polar surface area (TPSA) is 24.5 Å². The lowest BCUT2D eigenvalue weighted by Crippen LogP contribution is -2.38. The molecule has 0 radical (unpaired) electrons. The maximum atomic E-state index is 13.7. The van der Waals surface area contributed by atoms with Gasteiger partial charge < -0.3 is 10.1 Å². The minimum Gasteiger partial charge on any atom is -0.383 e. The third kappa shape index (κ3) is 5.38. The number of nitrogens with zero attached hydrogens (tertiary/aromatic N) is 1. The van der Waals surface area contributed by atoms with Gasteiger partial charge in [-0.25, -0.2) is 4.39 Å². The highest BCUT2D eigenvalue weighted by molar-refractivity contribution is 5.25. The van der Waals surface area contributed by atoms with E-state index in [-0.39, 0.29) is 11.9 Å². The summed E-state index contributed by atoms with van der Waals surface area (Å²) in [5, 5.41) is 3.29. The Morgan fingerprint density at radius 2 is 2.10 bits per heavy atom. The van der Waals surface area contributed by atoms with Gasteiger partial charge in [0.25, 0.3) is 0 Å². The highest BCUT2D eigenvalue weighted by atomic mass is 19.1. The Labute approximate surface area is 128 Å². The van der Waals surface area contributed by atoms with Gasteiger partial charge in [0.15, 0.2) is 0 Å². The second kappa shape index (κ2) is 9.13. The second-order valence-electron chi connectivity index (χ2n) is 5.57. The van der Waals surface area contributed by atoms with Gasteiger partial charge in [0.1, 0.15) is 5.82 Å². The van der Waals surface area contributed by atoms with Crippen LogP contribution in [0.2, 0.25) is 0 Å². The number of aryl methyl sites for hydroxylation is 1. The molecular formula is C17H29FN2O. The molecule has 0 spiro atoms.